The minimum Gasteiger partial charge on any atom is -0.488 e. The summed E-state index contributed by atoms with van der Waals surface area (Å²) < 4.78 is 5.60. The van der Waals surface area contributed by atoms with Crippen molar-refractivity contribution >= 4 is 17.3 Å². The van der Waals surface area contributed by atoms with Crippen LogP contribution in [0.1, 0.15) is 20.8 Å². The number of benzene rings is 1. The molecule has 0 aliphatic heterocycles. The van der Waals surface area contributed by atoms with E-state index in [2.05, 4.69) is 0 Å². The SMILES string of the molecule is CC(C)(C)Oc1ccc(N)c(Cl)c1. The van der Waals surface area contributed by atoms with E-state index in [1.54, 1.807) is 12.1 Å². The molecule has 0 bridgehead atoms. The topological polar surface area (TPSA) is 35.2 Å². The van der Waals surface area contributed by atoms with Gasteiger partial charge in [-0.15, -0.1) is 0 Å². The van der Waals surface area contributed by atoms with Gasteiger partial charge in [0.1, 0.15) is 11.4 Å². The summed E-state index contributed by atoms with van der Waals surface area (Å²) in [6.07, 6.45) is 0. The fourth-order valence-corrected chi connectivity index (χ4v) is 1.10. The number of hydrogen-bond acceptors (Lipinski definition) is 2. The van der Waals surface area contributed by atoms with Crippen molar-refractivity contribution in [2.24, 2.45) is 0 Å². The largest absolute Gasteiger partial charge is 0.488 e. The summed E-state index contributed by atoms with van der Waals surface area (Å²) >= 11 is 5.84. The first-order chi connectivity index (χ1) is 5.88. The Morgan fingerprint density at radius 2 is 1.92 bits per heavy atom. The Bertz CT molecular complexity index is 304. The second-order valence-corrected chi connectivity index (χ2v) is 4.30. The van der Waals surface area contributed by atoms with Crippen molar-refractivity contribution in [2.75, 3.05) is 5.73 Å². The van der Waals surface area contributed by atoms with Crippen LogP contribution in [0.5, 0.6) is 5.75 Å². The predicted molar refractivity (Wildman–Crippen MR) is 56.2 cm³/mol. The normalized spacial score (nSPS) is 11.4. The molecule has 1 aromatic carbocycles. The van der Waals surface area contributed by atoms with E-state index in [1.807, 2.05) is 26.8 Å². The molecule has 72 valence electrons. The predicted octanol–water partition coefficient (Wildman–Crippen LogP) is 3.10. The van der Waals surface area contributed by atoms with Gasteiger partial charge in [0.25, 0.3) is 0 Å². The molecular weight excluding hydrogens is 186 g/mol. The summed E-state index contributed by atoms with van der Waals surface area (Å²) in [5.74, 6) is 0.742. The Kier molecular flexibility index (Phi) is 2.71. The molecule has 1 aromatic rings. The highest BCUT2D eigenvalue weighted by atomic mass is 35.5. The van der Waals surface area contributed by atoms with Crippen LogP contribution in [0, 0.1) is 0 Å². The minimum atomic E-state index is -0.209. The molecule has 0 aromatic heterocycles. The van der Waals surface area contributed by atoms with Crippen LogP contribution < -0.4 is 10.5 Å². The summed E-state index contributed by atoms with van der Waals surface area (Å²) in [6.45, 7) is 5.95. The number of ether oxygens (including phenoxy) is 1. The first-order valence-corrected chi connectivity index (χ1v) is 4.50. The van der Waals surface area contributed by atoms with Gasteiger partial charge in [-0.25, -0.2) is 0 Å². The number of hydrogen-bond donors (Lipinski definition) is 1. The van der Waals surface area contributed by atoms with Crippen LogP contribution in [0.3, 0.4) is 0 Å². The van der Waals surface area contributed by atoms with Gasteiger partial charge in [-0.1, -0.05) is 11.6 Å². The van der Waals surface area contributed by atoms with Crippen molar-refractivity contribution < 1.29 is 4.74 Å². The van der Waals surface area contributed by atoms with Gasteiger partial charge in [0.05, 0.1) is 10.7 Å². The molecule has 0 spiro atoms. The monoisotopic (exact) mass is 199 g/mol. The molecular formula is C10H14ClNO. The van der Waals surface area contributed by atoms with Crippen LogP contribution in [0.25, 0.3) is 0 Å². The summed E-state index contributed by atoms with van der Waals surface area (Å²) in [5.41, 5.74) is 5.93. The maximum atomic E-state index is 5.84. The van der Waals surface area contributed by atoms with Crippen LogP contribution in [0.2, 0.25) is 5.02 Å². The number of anilines is 1. The summed E-state index contributed by atoms with van der Waals surface area (Å²) in [6, 6.07) is 5.28. The molecule has 0 saturated heterocycles. The number of halogens is 1. The van der Waals surface area contributed by atoms with E-state index in [0.29, 0.717) is 10.7 Å². The van der Waals surface area contributed by atoms with Crippen molar-refractivity contribution in [2.45, 2.75) is 26.4 Å². The third-order valence-corrected chi connectivity index (χ3v) is 1.72. The molecule has 1 rings (SSSR count). The lowest BCUT2D eigenvalue weighted by Crippen LogP contribution is -2.22. The molecule has 0 radical (unpaired) electrons. The van der Waals surface area contributed by atoms with Gasteiger partial charge in [0, 0.05) is 6.07 Å². The molecule has 0 heterocycles. The fourth-order valence-electron chi connectivity index (χ4n) is 0.925. The Labute approximate surface area is 83.6 Å². The van der Waals surface area contributed by atoms with E-state index < -0.39 is 0 Å². The average Bonchev–Trinajstić information content (AvgIpc) is 1.94. The summed E-state index contributed by atoms with van der Waals surface area (Å²) in [7, 11) is 0. The molecule has 0 amide bonds. The zero-order chi connectivity index (χ0) is 10.1. The molecule has 3 heteroatoms. The first kappa shape index (κ1) is 10.2. The standard InChI is InChI=1S/C10H14ClNO/c1-10(2,3)13-7-4-5-9(12)8(11)6-7/h4-6H,12H2,1-3H3. The Morgan fingerprint density at radius 1 is 1.31 bits per heavy atom. The third kappa shape index (κ3) is 3.15. The second kappa shape index (κ2) is 3.46. The van der Waals surface area contributed by atoms with E-state index in [1.165, 1.54) is 0 Å². The average molecular weight is 200 g/mol. The van der Waals surface area contributed by atoms with E-state index >= 15 is 0 Å². The van der Waals surface area contributed by atoms with Crippen molar-refractivity contribution in [3.63, 3.8) is 0 Å². The van der Waals surface area contributed by atoms with Crippen LogP contribution in [0.15, 0.2) is 18.2 Å². The van der Waals surface area contributed by atoms with Gasteiger partial charge in [-0.05, 0) is 32.9 Å². The van der Waals surface area contributed by atoms with Gasteiger partial charge in [0.15, 0.2) is 0 Å². The third-order valence-electron chi connectivity index (χ3n) is 1.40. The van der Waals surface area contributed by atoms with Crippen molar-refractivity contribution in [3.8, 4) is 5.75 Å². The van der Waals surface area contributed by atoms with E-state index in [4.69, 9.17) is 22.1 Å². The number of nitrogens with two attached hydrogens (primary N) is 1. The first-order valence-electron chi connectivity index (χ1n) is 4.12. The van der Waals surface area contributed by atoms with Gasteiger partial charge in [0.2, 0.25) is 0 Å². The molecule has 0 unspecified atom stereocenters. The highest BCUT2D eigenvalue weighted by Crippen LogP contribution is 2.26. The number of nitrogen functional groups attached to an aromatic ring is 1. The van der Waals surface area contributed by atoms with Gasteiger partial charge >= 0.3 is 0 Å². The summed E-state index contributed by atoms with van der Waals surface area (Å²) in [4.78, 5) is 0. The van der Waals surface area contributed by atoms with Crippen LogP contribution in [-0.2, 0) is 0 Å². The lowest BCUT2D eigenvalue weighted by molar-refractivity contribution is 0.131. The lowest BCUT2D eigenvalue weighted by atomic mass is 10.2. The second-order valence-electron chi connectivity index (χ2n) is 3.90. The van der Waals surface area contributed by atoms with Crippen LogP contribution in [0.4, 0.5) is 5.69 Å². The van der Waals surface area contributed by atoms with Gasteiger partial charge in [-0.3, -0.25) is 0 Å². The maximum absolute atomic E-state index is 5.84. The zero-order valence-electron chi connectivity index (χ0n) is 8.10. The summed E-state index contributed by atoms with van der Waals surface area (Å²) in [5, 5.41) is 0.529. The van der Waals surface area contributed by atoms with Crippen LogP contribution in [-0.4, -0.2) is 5.60 Å². The molecule has 2 N–H and O–H groups in total. The zero-order valence-corrected chi connectivity index (χ0v) is 8.85. The quantitative estimate of drug-likeness (QED) is 0.706. The molecule has 0 atom stereocenters. The van der Waals surface area contributed by atoms with Crippen molar-refractivity contribution in [1.29, 1.82) is 0 Å². The fraction of sp³-hybridized carbons (Fsp3) is 0.400. The number of rotatable bonds is 1. The Hall–Kier alpha value is -0.890. The van der Waals surface area contributed by atoms with E-state index in [0.717, 1.165) is 5.75 Å². The molecule has 2 nitrogen and oxygen atoms in total. The Morgan fingerprint density at radius 3 is 2.38 bits per heavy atom. The molecule has 0 saturated carbocycles. The maximum Gasteiger partial charge on any atom is 0.121 e. The Balaban J connectivity index is 2.86. The molecule has 0 aliphatic rings. The van der Waals surface area contributed by atoms with Crippen molar-refractivity contribution in [3.05, 3.63) is 23.2 Å². The highest BCUT2D eigenvalue weighted by molar-refractivity contribution is 6.33. The van der Waals surface area contributed by atoms with Gasteiger partial charge in [-0.2, -0.15) is 0 Å². The smallest absolute Gasteiger partial charge is 0.121 e. The van der Waals surface area contributed by atoms with E-state index in [9.17, 15) is 0 Å². The van der Waals surface area contributed by atoms with Crippen molar-refractivity contribution in [1.82, 2.24) is 0 Å². The van der Waals surface area contributed by atoms with Crippen LogP contribution >= 0.6 is 11.6 Å². The van der Waals surface area contributed by atoms with Gasteiger partial charge < -0.3 is 10.5 Å². The molecule has 0 fully saturated rings. The molecule has 13 heavy (non-hydrogen) atoms. The van der Waals surface area contributed by atoms with E-state index in [-0.39, 0.29) is 5.60 Å². The lowest BCUT2D eigenvalue weighted by Gasteiger charge is -2.21. The minimum absolute atomic E-state index is 0.209. The highest BCUT2D eigenvalue weighted by Gasteiger charge is 2.11. The molecule has 0 aliphatic carbocycles.